The summed E-state index contributed by atoms with van der Waals surface area (Å²) in [5.74, 6) is 3.25. The molecule has 0 aromatic heterocycles. The average Bonchev–Trinajstić information content (AvgIpc) is 2.44. The first-order valence-corrected chi connectivity index (χ1v) is 10.1. The molecule has 2 rings (SSSR count). The van der Waals surface area contributed by atoms with Gasteiger partial charge in [-0.25, -0.2) is 0 Å². The maximum absolute atomic E-state index is 3.69. The Morgan fingerprint density at radius 3 is 2.63 bits per heavy atom. The molecule has 0 aromatic carbocycles. The normalized spacial score (nSPS) is 42.0. The van der Waals surface area contributed by atoms with Crippen LogP contribution in [0, 0.1) is 11.8 Å². The second-order valence-corrected chi connectivity index (χ2v) is 9.46. The van der Waals surface area contributed by atoms with Gasteiger partial charge in [-0.3, -0.25) is 0 Å². The van der Waals surface area contributed by atoms with E-state index in [1.807, 2.05) is 0 Å². The van der Waals surface area contributed by atoms with Crippen LogP contribution in [0.4, 0.5) is 0 Å². The Morgan fingerprint density at radius 1 is 1.21 bits per heavy atom. The van der Waals surface area contributed by atoms with Crippen LogP contribution in [0.25, 0.3) is 0 Å². The van der Waals surface area contributed by atoms with Gasteiger partial charge in [-0.15, -0.1) is 0 Å². The molecular formula is C16H31NS2. The minimum absolute atomic E-state index is 0.738. The number of nitrogens with one attached hydrogen (secondary N) is 1. The van der Waals surface area contributed by atoms with Crippen molar-refractivity contribution in [1.82, 2.24) is 5.32 Å². The molecule has 0 amide bonds. The number of hydrogen-bond donors (Lipinski definition) is 1. The van der Waals surface area contributed by atoms with Gasteiger partial charge >= 0.3 is 0 Å². The third kappa shape index (κ3) is 4.07. The van der Waals surface area contributed by atoms with Crippen molar-refractivity contribution in [3.05, 3.63) is 0 Å². The lowest BCUT2D eigenvalue weighted by atomic mass is 9.76. The van der Waals surface area contributed by atoms with Gasteiger partial charge in [0.05, 0.1) is 0 Å². The molecule has 6 atom stereocenters. The van der Waals surface area contributed by atoms with Crippen molar-refractivity contribution in [3.8, 4) is 0 Å². The second kappa shape index (κ2) is 7.61. The van der Waals surface area contributed by atoms with Gasteiger partial charge < -0.3 is 5.32 Å². The topological polar surface area (TPSA) is 12.0 Å². The average molecular weight is 302 g/mol. The number of rotatable bonds is 4. The highest BCUT2D eigenvalue weighted by atomic mass is 32.2. The number of thioether (sulfide) groups is 2. The van der Waals surface area contributed by atoms with E-state index in [1.165, 1.54) is 37.9 Å². The fourth-order valence-electron chi connectivity index (χ4n) is 3.75. The van der Waals surface area contributed by atoms with Crippen LogP contribution < -0.4 is 5.32 Å². The highest BCUT2D eigenvalue weighted by Crippen LogP contribution is 2.41. The third-order valence-electron chi connectivity index (χ3n) is 5.22. The van der Waals surface area contributed by atoms with Crippen LogP contribution in [0.5, 0.6) is 0 Å². The molecule has 2 fully saturated rings. The molecule has 1 N–H and O–H groups in total. The summed E-state index contributed by atoms with van der Waals surface area (Å²) >= 11 is 4.43. The Kier molecular flexibility index (Phi) is 6.42. The van der Waals surface area contributed by atoms with E-state index < -0.39 is 0 Å². The zero-order valence-electron chi connectivity index (χ0n) is 13.0. The summed E-state index contributed by atoms with van der Waals surface area (Å²) in [6.45, 7) is 7.17. The van der Waals surface area contributed by atoms with E-state index in [4.69, 9.17) is 0 Å². The number of hydrogen-bond acceptors (Lipinski definition) is 3. The Balaban J connectivity index is 1.95. The molecule has 1 heterocycles. The summed E-state index contributed by atoms with van der Waals surface area (Å²) in [7, 11) is 2.19. The Morgan fingerprint density at radius 2 is 2.00 bits per heavy atom. The van der Waals surface area contributed by atoms with Gasteiger partial charge in [0.25, 0.3) is 0 Å². The van der Waals surface area contributed by atoms with Gasteiger partial charge in [0.1, 0.15) is 0 Å². The van der Waals surface area contributed by atoms with Crippen LogP contribution in [0.3, 0.4) is 0 Å². The fraction of sp³-hybridized carbons (Fsp3) is 1.00. The SMILES string of the molecule is CCC1CCCC(C(NC)C2CSC(C)C(C)S2)C1. The van der Waals surface area contributed by atoms with Crippen LogP contribution in [0.1, 0.15) is 52.9 Å². The highest BCUT2D eigenvalue weighted by Gasteiger charge is 2.36. The molecule has 0 bridgehead atoms. The Labute approximate surface area is 128 Å². The van der Waals surface area contributed by atoms with E-state index in [0.717, 1.165) is 33.6 Å². The summed E-state index contributed by atoms with van der Waals surface area (Å²) in [5.41, 5.74) is 0. The molecule has 1 nitrogen and oxygen atoms in total. The maximum Gasteiger partial charge on any atom is 0.0297 e. The van der Waals surface area contributed by atoms with Gasteiger partial charge in [-0.1, -0.05) is 40.0 Å². The van der Waals surface area contributed by atoms with E-state index in [0.29, 0.717) is 0 Å². The predicted octanol–water partition coefficient (Wildman–Crippen LogP) is 4.42. The van der Waals surface area contributed by atoms with Crippen LogP contribution >= 0.6 is 23.5 Å². The molecule has 3 heteroatoms. The summed E-state index contributed by atoms with van der Waals surface area (Å²) in [6, 6.07) is 0.738. The lowest BCUT2D eigenvalue weighted by Gasteiger charge is -2.41. The van der Waals surface area contributed by atoms with E-state index in [1.54, 1.807) is 0 Å². The van der Waals surface area contributed by atoms with Crippen LogP contribution in [0.15, 0.2) is 0 Å². The lowest BCUT2D eigenvalue weighted by molar-refractivity contribution is 0.213. The summed E-state index contributed by atoms with van der Waals surface area (Å²) in [4.78, 5) is 0. The minimum atomic E-state index is 0.738. The highest BCUT2D eigenvalue weighted by molar-refractivity contribution is 8.07. The zero-order chi connectivity index (χ0) is 13.8. The first kappa shape index (κ1) is 16.0. The van der Waals surface area contributed by atoms with Crippen LogP contribution in [0.2, 0.25) is 0 Å². The molecule has 1 saturated carbocycles. The summed E-state index contributed by atoms with van der Waals surface area (Å²) in [6.07, 6.45) is 7.23. The quantitative estimate of drug-likeness (QED) is 0.825. The monoisotopic (exact) mass is 301 g/mol. The standard InChI is InChI=1S/C16H31NS2/c1-5-13-7-6-8-14(9-13)16(17-4)15-10-18-11(2)12(3)19-15/h11-17H,5-10H2,1-4H3. The summed E-state index contributed by atoms with van der Waals surface area (Å²) < 4.78 is 0. The molecule has 0 radical (unpaired) electrons. The van der Waals surface area contributed by atoms with Gasteiger partial charge in [-0.2, -0.15) is 23.5 Å². The first-order valence-electron chi connectivity index (χ1n) is 8.10. The zero-order valence-corrected chi connectivity index (χ0v) is 14.7. The fourth-order valence-corrected chi connectivity index (χ4v) is 7.00. The predicted molar refractivity (Wildman–Crippen MR) is 91.3 cm³/mol. The molecule has 0 spiro atoms. The Hall–Kier alpha value is 0.660. The van der Waals surface area contributed by atoms with Gasteiger partial charge in [0, 0.05) is 27.5 Å². The maximum atomic E-state index is 3.69. The van der Waals surface area contributed by atoms with E-state index >= 15 is 0 Å². The molecule has 1 aliphatic carbocycles. The molecular weight excluding hydrogens is 270 g/mol. The molecule has 19 heavy (non-hydrogen) atoms. The van der Waals surface area contributed by atoms with E-state index in [2.05, 4.69) is 56.7 Å². The molecule has 0 aromatic rings. The van der Waals surface area contributed by atoms with Crippen molar-refractivity contribution in [1.29, 1.82) is 0 Å². The lowest BCUT2D eigenvalue weighted by Crippen LogP contribution is -2.47. The third-order valence-corrected chi connectivity index (χ3v) is 8.73. The second-order valence-electron chi connectivity index (χ2n) is 6.43. The van der Waals surface area contributed by atoms with Crippen molar-refractivity contribution >= 4 is 23.5 Å². The van der Waals surface area contributed by atoms with Crippen LogP contribution in [-0.4, -0.2) is 34.6 Å². The van der Waals surface area contributed by atoms with Gasteiger partial charge in [-0.05, 0) is 31.7 Å². The van der Waals surface area contributed by atoms with Crippen molar-refractivity contribution in [3.63, 3.8) is 0 Å². The van der Waals surface area contributed by atoms with Crippen molar-refractivity contribution < 1.29 is 0 Å². The minimum Gasteiger partial charge on any atom is -0.316 e. The molecule has 1 aliphatic heterocycles. The largest absolute Gasteiger partial charge is 0.316 e. The van der Waals surface area contributed by atoms with Crippen molar-refractivity contribution in [2.24, 2.45) is 11.8 Å². The smallest absolute Gasteiger partial charge is 0.0297 e. The van der Waals surface area contributed by atoms with E-state index in [9.17, 15) is 0 Å². The summed E-state index contributed by atoms with van der Waals surface area (Å²) in [5, 5.41) is 6.15. The van der Waals surface area contributed by atoms with Crippen molar-refractivity contribution in [2.75, 3.05) is 12.8 Å². The van der Waals surface area contributed by atoms with Gasteiger partial charge in [0.2, 0.25) is 0 Å². The first-order chi connectivity index (χ1) is 9.15. The van der Waals surface area contributed by atoms with Gasteiger partial charge in [0.15, 0.2) is 0 Å². The molecule has 6 unspecified atom stereocenters. The van der Waals surface area contributed by atoms with Crippen molar-refractivity contribution in [2.45, 2.75) is 74.7 Å². The molecule has 2 aliphatic rings. The van der Waals surface area contributed by atoms with E-state index in [-0.39, 0.29) is 0 Å². The Bertz CT molecular complexity index is 265. The molecule has 112 valence electrons. The van der Waals surface area contributed by atoms with Crippen LogP contribution in [-0.2, 0) is 0 Å². The molecule has 1 saturated heterocycles.